The summed E-state index contributed by atoms with van der Waals surface area (Å²) in [6.07, 6.45) is 0. The van der Waals surface area contributed by atoms with Gasteiger partial charge < -0.3 is 9.47 Å². The van der Waals surface area contributed by atoms with Crippen LogP contribution in [0.5, 0.6) is 5.75 Å². The lowest BCUT2D eigenvalue weighted by Crippen LogP contribution is -2.25. The van der Waals surface area contributed by atoms with Gasteiger partial charge in [0.25, 0.3) is 15.7 Å². The Balaban J connectivity index is 1.55. The number of thiophene rings is 1. The molecule has 0 N–H and O–H groups in total. The van der Waals surface area contributed by atoms with Gasteiger partial charge in [0.15, 0.2) is 6.61 Å². The third kappa shape index (κ3) is 5.38. The number of para-hydroxylation sites is 1. The summed E-state index contributed by atoms with van der Waals surface area (Å²) in [5.74, 6) is -0.354. The summed E-state index contributed by atoms with van der Waals surface area (Å²) in [7, 11) is -2.19. The molecule has 0 amide bonds. The van der Waals surface area contributed by atoms with Crippen molar-refractivity contribution in [3.05, 3.63) is 81.7 Å². The van der Waals surface area contributed by atoms with E-state index in [0.717, 1.165) is 15.6 Å². The number of hydrogen-bond acceptors (Lipinski definition) is 8. The Kier molecular flexibility index (Phi) is 6.88. The van der Waals surface area contributed by atoms with Crippen molar-refractivity contribution in [1.82, 2.24) is 0 Å². The van der Waals surface area contributed by atoms with Crippen LogP contribution in [0.4, 0.5) is 11.4 Å². The highest BCUT2D eigenvalue weighted by Crippen LogP contribution is 2.26. The number of carbonyl (C=O) groups excluding carboxylic acids is 1. The first-order chi connectivity index (χ1) is 14.8. The maximum absolute atomic E-state index is 12.6. The molecule has 3 aromatic rings. The quantitative estimate of drug-likeness (QED) is 0.271. The lowest BCUT2D eigenvalue weighted by molar-refractivity contribution is -0.385. The normalized spacial score (nSPS) is 11.0. The van der Waals surface area contributed by atoms with E-state index >= 15 is 0 Å². The zero-order valence-electron chi connectivity index (χ0n) is 16.3. The van der Waals surface area contributed by atoms with E-state index in [9.17, 15) is 23.3 Å². The number of sulfonamides is 1. The lowest BCUT2D eigenvalue weighted by atomic mass is 10.2. The fourth-order valence-corrected chi connectivity index (χ4v) is 4.95. The minimum atomic E-state index is -3.64. The highest BCUT2D eigenvalue weighted by Gasteiger charge is 2.22. The Morgan fingerprint density at radius 2 is 1.81 bits per heavy atom. The summed E-state index contributed by atoms with van der Waals surface area (Å²) in [5, 5.41) is 12.7. The second-order valence-corrected chi connectivity index (χ2v) is 9.38. The van der Waals surface area contributed by atoms with Crippen molar-refractivity contribution in [2.24, 2.45) is 0 Å². The monoisotopic (exact) mass is 462 g/mol. The van der Waals surface area contributed by atoms with E-state index in [1.807, 2.05) is 0 Å². The summed E-state index contributed by atoms with van der Waals surface area (Å²) in [6, 6.07) is 15.3. The van der Waals surface area contributed by atoms with Crippen LogP contribution in [0.15, 0.2) is 70.3 Å². The number of nitro groups is 1. The summed E-state index contributed by atoms with van der Waals surface area (Å²) in [5.41, 5.74) is 0.577. The van der Waals surface area contributed by atoms with Gasteiger partial charge in [-0.25, -0.2) is 13.2 Å². The lowest BCUT2D eigenvalue weighted by Gasteiger charge is -2.18. The smallest absolute Gasteiger partial charge is 0.344 e. The Morgan fingerprint density at radius 3 is 2.45 bits per heavy atom. The highest BCUT2D eigenvalue weighted by atomic mass is 32.2. The Labute approximate surface area is 182 Å². The van der Waals surface area contributed by atoms with Gasteiger partial charge in [-0.3, -0.25) is 14.4 Å². The van der Waals surface area contributed by atoms with Gasteiger partial charge in [0.05, 0.1) is 16.2 Å². The third-order valence-corrected chi connectivity index (χ3v) is 7.40. The SMILES string of the molecule is CN(c1ccc(OCC(=O)OCc2ccccc2[N+](=O)[O-])cc1)S(=O)(=O)c1cccs1. The maximum Gasteiger partial charge on any atom is 0.344 e. The van der Waals surface area contributed by atoms with E-state index in [4.69, 9.17) is 9.47 Å². The number of esters is 1. The standard InChI is InChI=1S/C20H18N2O7S2/c1-21(31(26,27)20-7-4-12-30-20)16-8-10-17(11-9-16)28-14-19(23)29-13-15-5-2-3-6-18(15)22(24)25/h2-12H,13-14H2,1H3. The fourth-order valence-electron chi connectivity index (χ4n) is 2.59. The molecule has 0 saturated heterocycles. The molecule has 162 valence electrons. The molecule has 1 aromatic heterocycles. The van der Waals surface area contributed by atoms with E-state index in [1.165, 1.54) is 43.4 Å². The largest absolute Gasteiger partial charge is 0.482 e. The van der Waals surface area contributed by atoms with Crippen LogP contribution in [0.1, 0.15) is 5.56 Å². The molecule has 0 aliphatic rings. The topological polar surface area (TPSA) is 116 Å². The average Bonchev–Trinajstić information content (AvgIpc) is 3.32. The van der Waals surface area contributed by atoms with E-state index in [0.29, 0.717) is 11.4 Å². The van der Waals surface area contributed by atoms with E-state index in [2.05, 4.69) is 0 Å². The van der Waals surface area contributed by atoms with Gasteiger partial charge in [0, 0.05) is 13.1 Å². The number of carbonyl (C=O) groups is 1. The highest BCUT2D eigenvalue weighted by molar-refractivity contribution is 7.94. The van der Waals surface area contributed by atoms with Gasteiger partial charge in [-0.2, -0.15) is 0 Å². The van der Waals surface area contributed by atoms with E-state index < -0.39 is 27.5 Å². The van der Waals surface area contributed by atoms with E-state index in [-0.39, 0.29) is 22.1 Å². The molecule has 0 fully saturated rings. The maximum atomic E-state index is 12.6. The molecule has 31 heavy (non-hydrogen) atoms. The van der Waals surface area contributed by atoms with Crippen LogP contribution in [0.3, 0.4) is 0 Å². The molecule has 0 spiro atoms. The predicted octanol–water partition coefficient (Wildman–Crippen LogP) is 3.60. The van der Waals surface area contributed by atoms with Crippen molar-refractivity contribution in [3.63, 3.8) is 0 Å². The van der Waals surface area contributed by atoms with Crippen molar-refractivity contribution in [1.29, 1.82) is 0 Å². The van der Waals surface area contributed by atoms with Crippen molar-refractivity contribution in [2.75, 3.05) is 18.0 Å². The Hall–Kier alpha value is -3.44. The summed E-state index contributed by atoms with van der Waals surface area (Å²) >= 11 is 1.13. The molecule has 0 atom stereocenters. The molecular weight excluding hydrogens is 444 g/mol. The number of rotatable bonds is 9. The van der Waals surface area contributed by atoms with Gasteiger partial charge in [0.1, 0.15) is 16.6 Å². The number of hydrogen-bond donors (Lipinski definition) is 0. The molecule has 2 aromatic carbocycles. The van der Waals surface area contributed by atoms with Crippen molar-refractivity contribution in [3.8, 4) is 5.75 Å². The van der Waals surface area contributed by atoms with Crippen molar-refractivity contribution < 1.29 is 27.6 Å². The molecule has 0 aliphatic carbocycles. The van der Waals surface area contributed by atoms with Crippen molar-refractivity contribution in [2.45, 2.75) is 10.8 Å². The first-order valence-corrected chi connectivity index (χ1v) is 11.2. The minimum absolute atomic E-state index is 0.131. The number of benzene rings is 2. The molecule has 9 nitrogen and oxygen atoms in total. The van der Waals surface area contributed by atoms with Crippen LogP contribution < -0.4 is 9.04 Å². The van der Waals surface area contributed by atoms with Gasteiger partial charge in [0.2, 0.25) is 0 Å². The summed E-state index contributed by atoms with van der Waals surface area (Å²) in [4.78, 5) is 22.3. The zero-order valence-corrected chi connectivity index (χ0v) is 18.0. The molecule has 11 heteroatoms. The predicted molar refractivity (Wildman–Crippen MR) is 115 cm³/mol. The molecule has 0 saturated carbocycles. The van der Waals surface area contributed by atoms with Crippen molar-refractivity contribution >= 4 is 38.7 Å². The number of nitro benzene ring substituents is 1. The first-order valence-electron chi connectivity index (χ1n) is 8.92. The second-order valence-electron chi connectivity index (χ2n) is 6.23. The Morgan fingerprint density at radius 1 is 1.10 bits per heavy atom. The molecule has 0 radical (unpaired) electrons. The minimum Gasteiger partial charge on any atom is -0.482 e. The van der Waals surface area contributed by atoms with Crippen LogP contribution in [0.25, 0.3) is 0 Å². The number of ether oxygens (including phenoxy) is 2. The van der Waals surface area contributed by atoms with Crippen LogP contribution in [-0.4, -0.2) is 33.0 Å². The molecule has 0 unspecified atom stereocenters. The third-order valence-electron chi connectivity index (χ3n) is 4.24. The van der Waals surface area contributed by atoms with E-state index in [1.54, 1.807) is 29.6 Å². The number of anilines is 1. The van der Waals surface area contributed by atoms with Gasteiger partial charge >= 0.3 is 5.97 Å². The molecule has 0 aliphatic heterocycles. The van der Waals surface area contributed by atoms with Gasteiger partial charge in [-0.05, 0) is 41.8 Å². The average molecular weight is 463 g/mol. The fraction of sp³-hybridized carbons (Fsp3) is 0.150. The Bertz CT molecular complexity index is 1160. The zero-order chi connectivity index (χ0) is 22.4. The first kappa shape index (κ1) is 22.2. The second kappa shape index (κ2) is 9.58. The number of nitrogens with zero attached hydrogens (tertiary/aromatic N) is 2. The van der Waals surface area contributed by atoms with Crippen LogP contribution >= 0.6 is 11.3 Å². The molecule has 1 heterocycles. The van der Waals surface area contributed by atoms with Crippen LogP contribution in [-0.2, 0) is 26.2 Å². The molecular formula is C20H18N2O7S2. The van der Waals surface area contributed by atoms with Crippen LogP contribution in [0.2, 0.25) is 0 Å². The van der Waals surface area contributed by atoms with Crippen LogP contribution in [0, 0.1) is 10.1 Å². The molecule has 3 rings (SSSR count). The summed E-state index contributed by atoms with van der Waals surface area (Å²) in [6.45, 7) is -0.646. The molecule has 0 bridgehead atoms. The summed E-state index contributed by atoms with van der Waals surface area (Å²) < 4.78 is 36.9. The van der Waals surface area contributed by atoms with Gasteiger partial charge in [-0.15, -0.1) is 11.3 Å². The van der Waals surface area contributed by atoms with Gasteiger partial charge in [-0.1, -0.05) is 18.2 Å².